The maximum Gasteiger partial charge on any atom is 0.123 e. The maximum atomic E-state index is 6.24. The largest absolute Gasteiger partial charge is 0.496 e. The lowest BCUT2D eigenvalue weighted by molar-refractivity contribution is 0.408. The Morgan fingerprint density at radius 1 is 1.00 bits per heavy atom. The number of hydrogen-bond acceptors (Lipinski definition) is 2. The van der Waals surface area contributed by atoms with Crippen molar-refractivity contribution < 1.29 is 4.74 Å². The molecule has 0 saturated heterocycles. The minimum Gasteiger partial charge on any atom is -0.496 e. The summed E-state index contributed by atoms with van der Waals surface area (Å²) >= 11 is 12.2. The highest BCUT2D eigenvalue weighted by Crippen LogP contribution is 2.34. The third-order valence-corrected chi connectivity index (χ3v) is 3.62. The van der Waals surface area contributed by atoms with Gasteiger partial charge in [-0.3, -0.25) is 0 Å². The van der Waals surface area contributed by atoms with Crippen molar-refractivity contribution in [3.63, 3.8) is 0 Å². The van der Waals surface area contributed by atoms with Crippen LogP contribution in [-0.2, 0) is 0 Å². The van der Waals surface area contributed by atoms with E-state index in [-0.39, 0.29) is 6.04 Å². The lowest BCUT2D eigenvalue weighted by Gasteiger charge is -2.17. The molecule has 94 valence electrons. The molecule has 0 bridgehead atoms. The Kier molecular flexibility index (Phi) is 4.12. The van der Waals surface area contributed by atoms with Crippen molar-refractivity contribution in [2.24, 2.45) is 5.73 Å². The van der Waals surface area contributed by atoms with E-state index >= 15 is 0 Å². The standard InChI is InChI=1S/C14H13Cl2NO/c1-18-12-8-3-2-5-9(12)14(17)10-6-4-7-11(15)13(10)16/h2-8,14H,17H2,1H3. The quantitative estimate of drug-likeness (QED) is 0.921. The van der Waals surface area contributed by atoms with E-state index in [2.05, 4.69) is 0 Å². The van der Waals surface area contributed by atoms with Gasteiger partial charge in [-0.25, -0.2) is 0 Å². The van der Waals surface area contributed by atoms with Crippen LogP contribution in [0.3, 0.4) is 0 Å². The SMILES string of the molecule is COc1ccccc1C(N)c1cccc(Cl)c1Cl. The molecule has 0 amide bonds. The van der Waals surface area contributed by atoms with Gasteiger partial charge in [-0.1, -0.05) is 53.5 Å². The molecule has 0 fully saturated rings. The summed E-state index contributed by atoms with van der Waals surface area (Å²) in [7, 11) is 1.62. The topological polar surface area (TPSA) is 35.2 Å². The van der Waals surface area contributed by atoms with Crippen LogP contribution in [-0.4, -0.2) is 7.11 Å². The summed E-state index contributed by atoms with van der Waals surface area (Å²) in [5, 5.41) is 0.983. The number of methoxy groups -OCH3 is 1. The van der Waals surface area contributed by atoms with E-state index in [0.29, 0.717) is 10.0 Å². The molecule has 0 aliphatic heterocycles. The molecule has 0 spiro atoms. The highest BCUT2D eigenvalue weighted by molar-refractivity contribution is 6.42. The first-order valence-corrected chi connectivity index (χ1v) is 6.23. The van der Waals surface area contributed by atoms with Crippen molar-refractivity contribution in [2.45, 2.75) is 6.04 Å². The van der Waals surface area contributed by atoms with Gasteiger partial charge < -0.3 is 10.5 Å². The fraction of sp³-hybridized carbons (Fsp3) is 0.143. The maximum absolute atomic E-state index is 6.24. The molecule has 2 rings (SSSR count). The summed E-state index contributed by atoms with van der Waals surface area (Å²) < 4.78 is 5.30. The summed E-state index contributed by atoms with van der Waals surface area (Å²) in [6, 6.07) is 12.7. The molecule has 2 aromatic carbocycles. The van der Waals surface area contributed by atoms with Crippen molar-refractivity contribution in [3.8, 4) is 5.75 Å². The number of nitrogens with two attached hydrogens (primary N) is 1. The minimum atomic E-state index is -0.368. The average molecular weight is 282 g/mol. The fourth-order valence-electron chi connectivity index (χ4n) is 1.85. The summed E-state index contributed by atoms with van der Waals surface area (Å²) in [5.41, 5.74) is 7.90. The highest BCUT2D eigenvalue weighted by Gasteiger charge is 2.17. The molecule has 0 saturated carbocycles. The second-order valence-electron chi connectivity index (χ2n) is 3.86. The minimum absolute atomic E-state index is 0.368. The van der Waals surface area contributed by atoms with Gasteiger partial charge in [-0.15, -0.1) is 0 Å². The lowest BCUT2D eigenvalue weighted by atomic mass is 9.99. The van der Waals surface area contributed by atoms with Gasteiger partial charge in [-0.05, 0) is 17.7 Å². The molecular formula is C14H13Cl2NO. The predicted molar refractivity (Wildman–Crippen MR) is 75.5 cm³/mol. The first kappa shape index (κ1) is 13.2. The zero-order valence-electron chi connectivity index (χ0n) is 9.86. The molecule has 4 heteroatoms. The Morgan fingerprint density at radius 3 is 2.39 bits per heavy atom. The molecule has 0 aliphatic rings. The Morgan fingerprint density at radius 2 is 1.67 bits per heavy atom. The molecule has 2 nitrogen and oxygen atoms in total. The van der Waals surface area contributed by atoms with Crippen LogP contribution in [0.15, 0.2) is 42.5 Å². The number of hydrogen-bond donors (Lipinski definition) is 1. The Balaban J connectivity index is 2.48. The molecule has 0 aliphatic carbocycles. The summed E-state index contributed by atoms with van der Waals surface area (Å²) in [6.07, 6.45) is 0. The normalized spacial score (nSPS) is 12.2. The van der Waals surface area contributed by atoms with Crippen LogP contribution in [0.4, 0.5) is 0 Å². The number of halogens is 2. The van der Waals surface area contributed by atoms with Gasteiger partial charge in [0.15, 0.2) is 0 Å². The molecule has 2 aromatic rings. The van der Waals surface area contributed by atoms with Crippen LogP contribution >= 0.6 is 23.2 Å². The second kappa shape index (κ2) is 5.61. The van der Waals surface area contributed by atoms with Gasteiger partial charge in [0.1, 0.15) is 5.75 Å². The Bertz CT molecular complexity index is 557. The van der Waals surface area contributed by atoms with Crippen molar-refractivity contribution >= 4 is 23.2 Å². The number of benzene rings is 2. The first-order valence-electron chi connectivity index (χ1n) is 5.47. The van der Waals surface area contributed by atoms with E-state index in [1.807, 2.05) is 36.4 Å². The fourth-order valence-corrected chi connectivity index (χ4v) is 2.28. The van der Waals surface area contributed by atoms with E-state index in [9.17, 15) is 0 Å². The third kappa shape index (κ3) is 2.46. The third-order valence-electron chi connectivity index (χ3n) is 2.79. The van der Waals surface area contributed by atoms with Crippen LogP contribution < -0.4 is 10.5 Å². The smallest absolute Gasteiger partial charge is 0.123 e. The molecule has 1 unspecified atom stereocenters. The molecular weight excluding hydrogens is 269 g/mol. The average Bonchev–Trinajstić information content (AvgIpc) is 2.41. The summed E-state index contributed by atoms with van der Waals surface area (Å²) in [6.45, 7) is 0. The van der Waals surface area contributed by atoms with Crippen molar-refractivity contribution in [1.29, 1.82) is 0 Å². The highest BCUT2D eigenvalue weighted by atomic mass is 35.5. The monoisotopic (exact) mass is 281 g/mol. The number of rotatable bonds is 3. The van der Waals surface area contributed by atoms with Crippen molar-refractivity contribution in [2.75, 3.05) is 7.11 Å². The molecule has 0 radical (unpaired) electrons. The Labute approximate surface area is 116 Å². The molecule has 0 aromatic heterocycles. The number of para-hydroxylation sites is 1. The van der Waals surface area contributed by atoms with Gasteiger partial charge >= 0.3 is 0 Å². The Hall–Kier alpha value is -1.22. The lowest BCUT2D eigenvalue weighted by Crippen LogP contribution is -2.13. The first-order chi connectivity index (χ1) is 8.65. The summed E-state index contributed by atoms with van der Waals surface area (Å²) in [4.78, 5) is 0. The predicted octanol–water partition coefficient (Wildman–Crippen LogP) is 4.05. The van der Waals surface area contributed by atoms with Crippen molar-refractivity contribution in [1.82, 2.24) is 0 Å². The molecule has 18 heavy (non-hydrogen) atoms. The van der Waals surface area contributed by atoms with Gasteiger partial charge in [0.25, 0.3) is 0 Å². The van der Waals surface area contributed by atoms with E-state index < -0.39 is 0 Å². The van der Waals surface area contributed by atoms with Crippen LogP contribution in [0.5, 0.6) is 5.75 Å². The zero-order valence-corrected chi connectivity index (χ0v) is 11.4. The summed E-state index contributed by atoms with van der Waals surface area (Å²) in [5.74, 6) is 0.737. The van der Waals surface area contributed by atoms with E-state index in [4.69, 9.17) is 33.7 Å². The molecule has 2 N–H and O–H groups in total. The van der Waals surface area contributed by atoms with Gasteiger partial charge in [0, 0.05) is 5.56 Å². The van der Waals surface area contributed by atoms with Crippen molar-refractivity contribution in [3.05, 3.63) is 63.6 Å². The zero-order chi connectivity index (χ0) is 13.1. The molecule has 1 atom stereocenters. The van der Waals surface area contributed by atoms with Crippen LogP contribution in [0.1, 0.15) is 17.2 Å². The number of ether oxygens (including phenoxy) is 1. The van der Waals surface area contributed by atoms with E-state index in [1.54, 1.807) is 13.2 Å². The molecule has 0 heterocycles. The van der Waals surface area contributed by atoms with Gasteiger partial charge in [0.2, 0.25) is 0 Å². The van der Waals surface area contributed by atoms with Crippen LogP contribution in [0.25, 0.3) is 0 Å². The van der Waals surface area contributed by atoms with Crippen LogP contribution in [0, 0.1) is 0 Å². The van der Waals surface area contributed by atoms with E-state index in [1.165, 1.54) is 0 Å². The van der Waals surface area contributed by atoms with Gasteiger partial charge in [-0.2, -0.15) is 0 Å². The van der Waals surface area contributed by atoms with Crippen LogP contribution in [0.2, 0.25) is 10.0 Å². The van der Waals surface area contributed by atoms with E-state index in [0.717, 1.165) is 16.9 Å². The second-order valence-corrected chi connectivity index (χ2v) is 4.65. The van der Waals surface area contributed by atoms with Gasteiger partial charge in [0.05, 0.1) is 23.2 Å².